The van der Waals surface area contributed by atoms with Crippen LogP contribution in [0.3, 0.4) is 0 Å². The van der Waals surface area contributed by atoms with Gasteiger partial charge in [-0.25, -0.2) is 8.90 Å². The molecule has 0 amide bonds. The average Bonchev–Trinajstić information content (AvgIpc) is 3.13. The second-order valence-electron chi connectivity index (χ2n) is 7.59. The number of carbonyl (C=O) groups is 2. The molecule has 0 radical (unpaired) electrons. The highest BCUT2D eigenvalue weighted by molar-refractivity contribution is 7.50. The molecule has 0 saturated carbocycles. The maximum atomic E-state index is 13.7. The van der Waals surface area contributed by atoms with Gasteiger partial charge in [-0.05, 0) is 30.3 Å². The second kappa shape index (κ2) is 10.0. The molecule has 0 saturated heterocycles. The third-order valence-corrected chi connectivity index (χ3v) is 7.53. The largest absolute Gasteiger partial charge is 0.435 e. The predicted octanol–water partition coefficient (Wildman–Crippen LogP) is 6.75. The fourth-order valence-corrected chi connectivity index (χ4v) is 5.38. The molecule has 36 heavy (non-hydrogen) atoms. The molecule has 0 spiro atoms. The van der Waals surface area contributed by atoms with E-state index < -0.39 is 30.8 Å². The molecule has 4 N–H and O–H groups in total. The van der Waals surface area contributed by atoms with Crippen LogP contribution in [0.4, 0.5) is 5.82 Å². The van der Waals surface area contributed by atoms with Crippen molar-refractivity contribution in [2.75, 3.05) is 5.73 Å². The summed E-state index contributed by atoms with van der Waals surface area (Å²) in [5.74, 6) is -2.18. The van der Waals surface area contributed by atoms with Gasteiger partial charge in [0, 0.05) is 32.3 Å². The molecule has 12 heteroatoms. The van der Waals surface area contributed by atoms with Crippen molar-refractivity contribution in [3.63, 3.8) is 0 Å². The summed E-state index contributed by atoms with van der Waals surface area (Å²) in [7, 11) is -5.27. The van der Waals surface area contributed by atoms with Gasteiger partial charge in [0.1, 0.15) is 11.5 Å². The van der Waals surface area contributed by atoms with E-state index in [1.54, 1.807) is 18.2 Å². The Bertz CT molecular complexity index is 1580. The molecule has 0 aliphatic carbocycles. The Balaban J connectivity index is 2.15. The number of carbonyl (C=O) groups excluding carboxylic acids is 2. The molecular formula is C24H15Cl4N2O5P. The first-order valence-electron chi connectivity index (χ1n) is 10.1. The summed E-state index contributed by atoms with van der Waals surface area (Å²) in [4.78, 5) is 47.8. The van der Waals surface area contributed by atoms with Crippen LogP contribution in [0.2, 0.25) is 20.1 Å². The molecule has 0 bridgehead atoms. The first-order chi connectivity index (χ1) is 16.9. The van der Waals surface area contributed by atoms with Crippen molar-refractivity contribution in [1.82, 2.24) is 4.34 Å². The van der Waals surface area contributed by atoms with Gasteiger partial charge in [-0.3, -0.25) is 9.59 Å². The summed E-state index contributed by atoms with van der Waals surface area (Å²) in [5, 5.41) is 0.548. The minimum atomic E-state index is -5.27. The fraction of sp³-hybridized carbons (Fsp3) is 0. The van der Waals surface area contributed by atoms with E-state index in [0.717, 1.165) is 0 Å². The molecule has 0 atom stereocenters. The maximum absolute atomic E-state index is 13.7. The van der Waals surface area contributed by atoms with Crippen LogP contribution in [0.25, 0.3) is 11.1 Å². The Labute approximate surface area is 225 Å². The Morgan fingerprint density at radius 1 is 0.778 bits per heavy atom. The van der Waals surface area contributed by atoms with E-state index >= 15 is 0 Å². The summed E-state index contributed by atoms with van der Waals surface area (Å²) in [6, 6.07) is 16.1. The van der Waals surface area contributed by atoms with E-state index in [0.29, 0.717) is 4.34 Å². The van der Waals surface area contributed by atoms with Gasteiger partial charge in [-0.1, -0.05) is 82.8 Å². The normalized spacial score (nSPS) is 11.5. The molecule has 1 heterocycles. The van der Waals surface area contributed by atoms with Gasteiger partial charge < -0.3 is 15.5 Å². The van der Waals surface area contributed by atoms with E-state index in [4.69, 9.17) is 52.1 Å². The van der Waals surface area contributed by atoms with Crippen LogP contribution >= 0.6 is 54.2 Å². The van der Waals surface area contributed by atoms with Gasteiger partial charge in [-0.2, -0.15) is 0 Å². The molecule has 0 fully saturated rings. The van der Waals surface area contributed by atoms with Gasteiger partial charge in [-0.15, -0.1) is 0 Å². The van der Waals surface area contributed by atoms with Crippen molar-refractivity contribution < 1.29 is 23.9 Å². The molecule has 0 unspecified atom stereocenters. The molecule has 3 aromatic carbocycles. The maximum Gasteiger partial charge on any atom is 0.435 e. The Morgan fingerprint density at radius 3 is 2.03 bits per heavy atom. The number of ketones is 2. The predicted molar refractivity (Wildman–Crippen MR) is 142 cm³/mol. The molecule has 184 valence electrons. The zero-order valence-electron chi connectivity index (χ0n) is 18.0. The lowest BCUT2D eigenvalue weighted by molar-refractivity contribution is 0.103. The molecule has 1 aromatic heterocycles. The Morgan fingerprint density at radius 2 is 1.44 bits per heavy atom. The van der Waals surface area contributed by atoms with Crippen molar-refractivity contribution in [2.24, 2.45) is 0 Å². The zero-order chi connectivity index (χ0) is 26.4. The Hall–Kier alpha value is -2.61. The summed E-state index contributed by atoms with van der Waals surface area (Å²) in [6.45, 7) is 0. The standard InChI is InChI=1S/C24H15Cl4N2O5P/c25-14-7-8-15(17(27)11-14)19-20(22(31)13-6-9-16(26)18(28)10-13)24(29)30(36(33,34)35)21(19)23(32)12-4-2-1-3-5-12/h1-11H,29H2,(H2,33,34,35). The molecule has 4 rings (SSSR count). The lowest BCUT2D eigenvalue weighted by atomic mass is 9.93. The highest BCUT2D eigenvalue weighted by atomic mass is 35.5. The van der Waals surface area contributed by atoms with Crippen LogP contribution < -0.4 is 5.73 Å². The van der Waals surface area contributed by atoms with Crippen molar-refractivity contribution in [2.45, 2.75) is 0 Å². The van der Waals surface area contributed by atoms with Crippen LogP contribution in [-0.4, -0.2) is 25.7 Å². The van der Waals surface area contributed by atoms with Gasteiger partial charge in [0.15, 0.2) is 5.78 Å². The number of hydrogen-bond donors (Lipinski definition) is 3. The Kier molecular flexibility index (Phi) is 7.37. The molecule has 7 nitrogen and oxygen atoms in total. The smallest absolute Gasteiger partial charge is 0.384 e. The van der Waals surface area contributed by atoms with Crippen molar-refractivity contribution in [1.29, 1.82) is 0 Å². The number of hydrogen-bond acceptors (Lipinski definition) is 4. The number of rotatable bonds is 6. The lowest BCUT2D eigenvalue weighted by Gasteiger charge is -2.13. The van der Waals surface area contributed by atoms with Gasteiger partial charge in [0.05, 0.1) is 15.6 Å². The minimum absolute atomic E-state index is 0.0176. The van der Waals surface area contributed by atoms with Crippen LogP contribution in [0.15, 0.2) is 66.7 Å². The fourth-order valence-electron chi connectivity index (χ4n) is 3.75. The number of benzene rings is 3. The first kappa shape index (κ1) is 26.5. The lowest BCUT2D eigenvalue weighted by Crippen LogP contribution is -2.12. The molecule has 0 aliphatic rings. The van der Waals surface area contributed by atoms with Crippen LogP contribution in [0.1, 0.15) is 32.0 Å². The van der Waals surface area contributed by atoms with E-state index in [9.17, 15) is 23.9 Å². The summed E-state index contributed by atoms with van der Waals surface area (Å²) in [6.07, 6.45) is 0. The van der Waals surface area contributed by atoms with E-state index in [1.165, 1.54) is 48.5 Å². The number of aromatic nitrogens is 1. The SMILES string of the molecule is Nc1c(C(=O)c2ccc(Cl)c(Cl)c2)c(-c2ccc(Cl)cc2Cl)c(C(=O)c2ccccc2)n1P(=O)(O)O. The number of nitrogen functional groups attached to an aromatic ring is 1. The van der Waals surface area contributed by atoms with Crippen molar-refractivity contribution in [3.8, 4) is 11.1 Å². The first-order valence-corrected chi connectivity index (χ1v) is 13.1. The van der Waals surface area contributed by atoms with Crippen LogP contribution in [-0.2, 0) is 4.57 Å². The third-order valence-electron chi connectivity index (χ3n) is 5.30. The van der Waals surface area contributed by atoms with E-state index in [2.05, 4.69) is 0 Å². The number of halogens is 4. The summed E-state index contributed by atoms with van der Waals surface area (Å²) in [5.41, 5.74) is 5.41. The van der Waals surface area contributed by atoms with E-state index in [1.807, 2.05) is 0 Å². The average molecular weight is 584 g/mol. The number of anilines is 1. The highest BCUT2D eigenvalue weighted by Crippen LogP contribution is 2.50. The van der Waals surface area contributed by atoms with Crippen molar-refractivity contribution in [3.05, 3.63) is 109 Å². The van der Waals surface area contributed by atoms with Gasteiger partial charge in [0.2, 0.25) is 5.78 Å². The second-order valence-corrected chi connectivity index (χ2v) is 10.7. The summed E-state index contributed by atoms with van der Waals surface area (Å²) >= 11 is 24.5. The van der Waals surface area contributed by atoms with Gasteiger partial charge in [0.25, 0.3) is 0 Å². The molecular weight excluding hydrogens is 569 g/mol. The minimum Gasteiger partial charge on any atom is -0.384 e. The third kappa shape index (κ3) is 4.84. The molecule has 4 aromatic rings. The monoisotopic (exact) mass is 582 g/mol. The van der Waals surface area contributed by atoms with Crippen LogP contribution in [0.5, 0.6) is 0 Å². The summed E-state index contributed by atoms with van der Waals surface area (Å²) < 4.78 is 13.0. The highest BCUT2D eigenvalue weighted by Gasteiger charge is 2.38. The topological polar surface area (TPSA) is 123 Å². The zero-order valence-corrected chi connectivity index (χ0v) is 21.9. The number of nitrogens with two attached hydrogens (primary N) is 1. The van der Waals surface area contributed by atoms with Crippen LogP contribution in [0, 0.1) is 0 Å². The number of nitrogens with zero attached hydrogens (tertiary/aromatic N) is 1. The van der Waals surface area contributed by atoms with Crippen molar-refractivity contribution >= 4 is 71.5 Å². The quantitative estimate of drug-likeness (QED) is 0.170. The van der Waals surface area contributed by atoms with Gasteiger partial charge >= 0.3 is 7.75 Å². The molecule has 0 aliphatic heterocycles. The van der Waals surface area contributed by atoms with E-state index in [-0.39, 0.29) is 47.9 Å².